The lowest BCUT2D eigenvalue weighted by atomic mass is 10.2. The van der Waals surface area contributed by atoms with E-state index in [0.29, 0.717) is 28.8 Å². The summed E-state index contributed by atoms with van der Waals surface area (Å²) in [6.07, 6.45) is 3.42. The van der Waals surface area contributed by atoms with Crippen molar-refractivity contribution in [3.63, 3.8) is 0 Å². The zero-order valence-electron chi connectivity index (χ0n) is 15.4. The Labute approximate surface area is 169 Å². The van der Waals surface area contributed by atoms with Crippen LogP contribution >= 0.6 is 11.6 Å². The summed E-state index contributed by atoms with van der Waals surface area (Å²) < 4.78 is 20.3. The standard InChI is InChI=1S/C19H16ClFN6O2/c1-2-4-15-23-19(29-26-15)12-5-3-8-27-16(24-25-17(12)27)10-22-18(28)11-6-7-14(21)13(20)9-11/h3,5-9H,2,4,10H2,1H3,(H,22,28). The lowest BCUT2D eigenvalue weighted by molar-refractivity contribution is 0.0949. The third-order valence-electron chi connectivity index (χ3n) is 4.27. The number of aryl methyl sites for hydroxylation is 1. The van der Waals surface area contributed by atoms with Crippen LogP contribution < -0.4 is 5.32 Å². The minimum atomic E-state index is -0.581. The molecular formula is C19H16ClFN6O2. The van der Waals surface area contributed by atoms with Crippen molar-refractivity contribution in [2.75, 3.05) is 0 Å². The highest BCUT2D eigenvalue weighted by molar-refractivity contribution is 6.31. The molecule has 3 heterocycles. The van der Waals surface area contributed by atoms with Gasteiger partial charge in [0, 0.05) is 18.2 Å². The van der Waals surface area contributed by atoms with Crippen LogP contribution in [0.1, 0.15) is 35.4 Å². The highest BCUT2D eigenvalue weighted by Crippen LogP contribution is 2.22. The number of hydrogen-bond acceptors (Lipinski definition) is 6. The summed E-state index contributed by atoms with van der Waals surface area (Å²) in [6.45, 7) is 2.15. The van der Waals surface area contributed by atoms with Crippen molar-refractivity contribution in [1.29, 1.82) is 0 Å². The summed E-state index contributed by atoms with van der Waals surface area (Å²) in [7, 11) is 0. The minimum Gasteiger partial charge on any atom is -0.345 e. The lowest BCUT2D eigenvalue weighted by Crippen LogP contribution is -2.24. The maximum absolute atomic E-state index is 13.3. The Morgan fingerprint density at radius 1 is 1.31 bits per heavy atom. The topological polar surface area (TPSA) is 98.2 Å². The first-order chi connectivity index (χ1) is 14.1. The van der Waals surface area contributed by atoms with Crippen LogP contribution in [-0.2, 0) is 13.0 Å². The van der Waals surface area contributed by atoms with Crippen LogP contribution in [0.5, 0.6) is 0 Å². The van der Waals surface area contributed by atoms with E-state index in [-0.39, 0.29) is 17.1 Å². The van der Waals surface area contributed by atoms with Gasteiger partial charge in [-0.15, -0.1) is 10.2 Å². The predicted octanol–water partition coefficient (Wildman–Crippen LogP) is 3.45. The highest BCUT2D eigenvalue weighted by Gasteiger charge is 2.16. The number of nitrogens with one attached hydrogen (secondary N) is 1. The molecule has 4 aromatic rings. The molecule has 4 rings (SSSR count). The van der Waals surface area contributed by atoms with E-state index >= 15 is 0 Å². The number of carbonyl (C=O) groups excluding carboxylic acids is 1. The molecule has 0 atom stereocenters. The summed E-state index contributed by atoms with van der Waals surface area (Å²) in [5, 5.41) is 14.9. The molecule has 0 aliphatic rings. The van der Waals surface area contributed by atoms with Gasteiger partial charge in [-0.3, -0.25) is 9.20 Å². The van der Waals surface area contributed by atoms with Crippen molar-refractivity contribution in [2.24, 2.45) is 0 Å². The molecule has 3 aromatic heterocycles. The molecule has 0 fully saturated rings. The quantitative estimate of drug-likeness (QED) is 0.519. The first kappa shape index (κ1) is 19.0. The molecule has 0 aliphatic carbocycles. The van der Waals surface area contributed by atoms with Gasteiger partial charge in [0.1, 0.15) is 5.82 Å². The largest absolute Gasteiger partial charge is 0.345 e. The molecule has 8 nitrogen and oxygen atoms in total. The molecule has 10 heteroatoms. The van der Waals surface area contributed by atoms with Gasteiger partial charge in [-0.1, -0.05) is 23.7 Å². The van der Waals surface area contributed by atoms with E-state index in [0.717, 1.165) is 18.9 Å². The number of halogens is 2. The average Bonchev–Trinajstić information content (AvgIpc) is 3.35. The molecule has 0 bridgehead atoms. The summed E-state index contributed by atoms with van der Waals surface area (Å²) >= 11 is 5.73. The van der Waals surface area contributed by atoms with E-state index in [4.69, 9.17) is 16.1 Å². The van der Waals surface area contributed by atoms with Gasteiger partial charge in [0.2, 0.25) is 0 Å². The highest BCUT2D eigenvalue weighted by atomic mass is 35.5. The molecule has 148 valence electrons. The van der Waals surface area contributed by atoms with Gasteiger partial charge in [0.15, 0.2) is 17.3 Å². The number of carbonyl (C=O) groups is 1. The number of pyridine rings is 1. The maximum atomic E-state index is 13.3. The summed E-state index contributed by atoms with van der Waals surface area (Å²) in [5.74, 6) is 0.525. The first-order valence-electron chi connectivity index (χ1n) is 8.95. The zero-order chi connectivity index (χ0) is 20.4. The van der Waals surface area contributed by atoms with E-state index < -0.39 is 11.7 Å². The monoisotopic (exact) mass is 414 g/mol. The molecule has 29 heavy (non-hydrogen) atoms. The number of rotatable bonds is 6. The second kappa shape index (κ2) is 7.96. The van der Waals surface area contributed by atoms with Crippen molar-refractivity contribution in [2.45, 2.75) is 26.3 Å². The van der Waals surface area contributed by atoms with E-state index in [9.17, 15) is 9.18 Å². The van der Waals surface area contributed by atoms with E-state index in [1.165, 1.54) is 12.1 Å². The Balaban J connectivity index is 1.56. The van der Waals surface area contributed by atoms with Gasteiger partial charge in [-0.25, -0.2) is 4.39 Å². The van der Waals surface area contributed by atoms with Gasteiger partial charge < -0.3 is 9.84 Å². The van der Waals surface area contributed by atoms with Crippen LogP contribution in [0.4, 0.5) is 4.39 Å². The van der Waals surface area contributed by atoms with Gasteiger partial charge in [-0.05, 0) is 36.8 Å². The zero-order valence-corrected chi connectivity index (χ0v) is 16.1. The fourth-order valence-corrected chi connectivity index (χ4v) is 3.02. The lowest BCUT2D eigenvalue weighted by Gasteiger charge is -2.05. The second-order valence-electron chi connectivity index (χ2n) is 6.31. The smallest absolute Gasteiger partial charge is 0.261 e. The predicted molar refractivity (Wildman–Crippen MR) is 103 cm³/mol. The third kappa shape index (κ3) is 3.81. The molecule has 1 aromatic carbocycles. The third-order valence-corrected chi connectivity index (χ3v) is 4.56. The Morgan fingerprint density at radius 3 is 2.97 bits per heavy atom. The molecule has 0 spiro atoms. The van der Waals surface area contributed by atoms with Gasteiger partial charge in [0.25, 0.3) is 11.8 Å². The maximum Gasteiger partial charge on any atom is 0.261 e. The van der Waals surface area contributed by atoms with Crippen molar-refractivity contribution in [1.82, 2.24) is 30.1 Å². The normalized spacial score (nSPS) is 11.1. The summed E-state index contributed by atoms with van der Waals surface area (Å²) in [4.78, 5) is 16.7. The Bertz CT molecular complexity index is 1190. The molecule has 1 amide bonds. The van der Waals surface area contributed by atoms with Crippen molar-refractivity contribution in [3.05, 3.63) is 64.6 Å². The van der Waals surface area contributed by atoms with Crippen molar-refractivity contribution < 1.29 is 13.7 Å². The van der Waals surface area contributed by atoms with Gasteiger partial charge in [-0.2, -0.15) is 4.98 Å². The molecule has 0 saturated heterocycles. The molecule has 1 N–H and O–H groups in total. The van der Waals surface area contributed by atoms with Crippen LogP contribution in [-0.4, -0.2) is 30.6 Å². The average molecular weight is 415 g/mol. The van der Waals surface area contributed by atoms with E-state index in [2.05, 4.69) is 25.7 Å². The van der Waals surface area contributed by atoms with E-state index in [1.807, 2.05) is 13.0 Å². The molecule has 0 saturated carbocycles. The fraction of sp³-hybridized carbons (Fsp3) is 0.211. The summed E-state index contributed by atoms with van der Waals surface area (Å²) in [5.41, 5.74) is 1.44. The van der Waals surface area contributed by atoms with Crippen molar-refractivity contribution >= 4 is 23.2 Å². The Morgan fingerprint density at radius 2 is 2.17 bits per heavy atom. The van der Waals surface area contributed by atoms with E-state index in [1.54, 1.807) is 16.7 Å². The second-order valence-corrected chi connectivity index (χ2v) is 6.72. The van der Waals surface area contributed by atoms with Crippen LogP contribution in [0.15, 0.2) is 41.1 Å². The van der Waals surface area contributed by atoms with Crippen LogP contribution in [0, 0.1) is 5.82 Å². The Hall–Kier alpha value is -3.33. The Kier molecular flexibility index (Phi) is 5.22. The number of hydrogen-bond donors (Lipinski definition) is 1. The van der Waals surface area contributed by atoms with Gasteiger partial charge in [0.05, 0.1) is 17.1 Å². The SMILES string of the molecule is CCCc1noc(-c2cccn3c(CNC(=O)c4ccc(F)c(Cl)c4)nnc23)n1. The van der Waals surface area contributed by atoms with Crippen LogP contribution in [0.25, 0.3) is 17.1 Å². The number of amides is 1. The molecule has 0 unspecified atom stereocenters. The van der Waals surface area contributed by atoms with Crippen LogP contribution in [0.2, 0.25) is 5.02 Å². The number of aromatic nitrogens is 5. The minimum absolute atomic E-state index is 0.114. The molecule has 0 radical (unpaired) electrons. The first-order valence-corrected chi connectivity index (χ1v) is 9.33. The van der Waals surface area contributed by atoms with Crippen molar-refractivity contribution in [3.8, 4) is 11.5 Å². The molecule has 0 aliphatic heterocycles. The number of benzene rings is 1. The molecular weight excluding hydrogens is 399 g/mol. The van der Waals surface area contributed by atoms with Gasteiger partial charge >= 0.3 is 0 Å². The van der Waals surface area contributed by atoms with Crippen LogP contribution in [0.3, 0.4) is 0 Å². The summed E-state index contributed by atoms with van der Waals surface area (Å²) in [6, 6.07) is 7.40. The number of fused-ring (bicyclic) bond motifs is 1. The fourth-order valence-electron chi connectivity index (χ4n) is 2.84. The number of nitrogens with zero attached hydrogens (tertiary/aromatic N) is 5.